The lowest BCUT2D eigenvalue weighted by Crippen LogP contribution is -2.20. The van der Waals surface area contributed by atoms with E-state index >= 15 is 0 Å². The van der Waals surface area contributed by atoms with Crippen molar-refractivity contribution in [2.45, 2.75) is 26.3 Å². The predicted octanol–water partition coefficient (Wildman–Crippen LogP) is 3.67. The van der Waals surface area contributed by atoms with Crippen LogP contribution in [0.15, 0.2) is 30.3 Å². The maximum atomic E-state index is 12.5. The van der Waals surface area contributed by atoms with Gasteiger partial charge in [-0.3, -0.25) is 9.48 Å². The summed E-state index contributed by atoms with van der Waals surface area (Å²) in [5.41, 5.74) is 0.178. The van der Waals surface area contributed by atoms with Gasteiger partial charge in [0, 0.05) is 11.4 Å². The van der Waals surface area contributed by atoms with Gasteiger partial charge in [0.15, 0.2) is 0 Å². The highest BCUT2D eigenvalue weighted by Gasteiger charge is 2.30. The summed E-state index contributed by atoms with van der Waals surface area (Å²) in [6.07, 6.45) is -7.54. The van der Waals surface area contributed by atoms with E-state index in [2.05, 4.69) is 15.2 Å². The summed E-state index contributed by atoms with van der Waals surface area (Å²) < 4.78 is 66.0. The number of alkyl halides is 5. The van der Waals surface area contributed by atoms with Crippen molar-refractivity contribution in [2.24, 2.45) is 0 Å². The van der Waals surface area contributed by atoms with Crippen LogP contribution in [-0.2, 0) is 11.3 Å². The van der Waals surface area contributed by atoms with E-state index in [1.54, 1.807) is 0 Å². The summed E-state index contributed by atoms with van der Waals surface area (Å²) in [7, 11) is 0. The first-order valence-corrected chi connectivity index (χ1v) is 6.62. The van der Waals surface area contributed by atoms with E-state index < -0.39 is 30.1 Å². The SMILES string of the molecule is Cc1cc(C(F)F)nn1CC(=O)Nc1ccc(OC(F)(F)F)cc1. The number of amides is 1. The van der Waals surface area contributed by atoms with Gasteiger partial charge in [-0.1, -0.05) is 0 Å². The Bertz CT molecular complexity index is 710. The van der Waals surface area contributed by atoms with Crippen LogP contribution in [0.3, 0.4) is 0 Å². The number of ether oxygens (including phenoxy) is 1. The number of hydrogen-bond acceptors (Lipinski definition) is 3. The van der Waals surface area contributed by atoms with Gasteiger partial charge in [0.25, 0.3) is 6.43 Å². The summed E-state index contributed by atoms with van der Waals surface area (Å²) in [6, 6.07) is 5.69. The normalized spacial score (nSPS) is 11.6. The van der Waals surface area contributed by atoms with Crippen LogP contribution in [0, 0.1) is 6.92 Å². The maximum absolute atomic E-state index is 12.5. The second-order valence-corrected chi connectivity index (χ2v) is 4.79. The first-order chi connectivity index (χ1) is 11.1. The van der Waals surface area contributed by atoms with Gasteiger partial charge < -0.3 is 10.1 Å². The van der Waals surface area contributed by atoms with E-state index in [-0.39, 0.29) is 12.2 Å². The lowest BCUT2D eigenvalue weighted by atomic mass is 10.3. The molecule has 0 atom stereocenters. The van der Waals surface area contributed by atoms with Crippen LogP contribution in [0.2, 0.25) is 0 Å². The Morgan fingerprint density at radius 2 is 1.92 bits per heavy atom. The molecule has 0 aliphatic rings. The van der Waals surface area contributed by atoms with Gasteiger partial charge in [0.05, 0.1) is 0 Å². The van der Waals surface area contributed by atoms with Crippen molar-refractivity contribution in [2.75, 3.05) is 5.32 Å². The van der Waals surface area contributed by atoms with Crippen molar-refractivity contribution in [3.05, 3.63) is 41.7 Å². The molecule has 0 bridgehead atoms. The predicted molar refractivity (Wildman–Crippen MR) is 73.7 cm³/mol. The smallest absolute Gasteiger partial charge is 0.406 e. The molecular weight excluding hydrogens is 337 g/mol. The van der Waals surface area contributed by atoms with Crippen LogP contribution in [0.1, 0.15) is 17.8 Å². The Kier molecular flexibility index (Phi) is 5.05. The third kappa shape index (κ3) is 4.93. The van der Waals surface area contributed by atoms with E-state index in [0.717, 1.165) is 16.8 Å². The molecule has 0 fully saturated rings. The van der Waals surface area contributed by atoms with Gasteiger partial charge in [-0.2, -0.15) is 5.10 Å². The molecule has 0 radical (unpaired) electrons. The highest BCUT2D eigenvalue weighted by Crippen LogP contribution is 2.24. The summed E-state index contributed by atoms with van der Waals surface area (Å²) in [5.74, 6) is -0.989. The molecule has 130 valence electrons. The summed E-state index contributed by atoms with van der Waals surface area (Å²) in [6.45, 7) is 1.22. The molecule has 0 saturated heterocycles. The number of carbonyl (C=O) groups is 1. The third-order valence-corrected chi connectivity index (χ3v) is 2.89. The first kappa shape index (κ1) is 17.7. The van der Waals surface area contributed by atoms with Gasteiger partial charge in [-0.05, 0) is 37.3 Å². The fourth-order valence-electron chi connectivity index (χ4n) is 1.88. The molecule has 0 saturated carbocycles. The number of anilines is 1. The van der Waals surface area contributed by atoms with E-state index in [9.17, 15) is 26.7 Å². The molecule has 1 aromatic carbocycles. The second-order valence-electron chi connectivity index (χ2n) is 4.79. The molecule has 24 heavy (non-hydrogen) atoms. The van der Waals surface area contributed by atoms with Crippen LogP contribution < -0.4 is 10.1 Å². The van der Waals surface area contributed by atoms with E-state index in [4.69, 9.17) is 0 Å². The van der Waals surface area contributed by atoms with Crippen molar-refractivity contribution < 1.29 is 31.5 Å². The molecule has 1 aromatic heterocycles. The minimum Gasteiger partial charge on any atom is -0.406 e. The molecule has 10 heteroatoms. The van der Waals surface area contributed by atoms with Crippen molar-refractivity contribution in [1.29, 1.82) is 0 Å². The monoisotopic (exact) mass is 349 g/mol. The minimum atomic E-state index is -4.80. The van der Waals surface area contributed by atoms with Crippen LogP contribution in [0.25, 0.3) is 0 Å². The Hall–Kier alpha value is -2.65. The fourth-order valence-corrected chi connectivity index (χ4v) is 1.88. The average Bonchev–Trinajstić information content (AvgIpc) is 2.81. The molecule has 2 rings (SSSR count). The van der Waals surface area contributed by atoms with E-state index in [1.807, 2.05) is 0 Å². The van der Waals surface area contributed by atoms with Crippen LogP contribution >= 0.6 is 0 Å². The number of hydrogen-bond donors (Lipinski definition) is 1. The Morgan fingerprint density at radius 1 is 1.29 bits per heavy atom. The average molecular weight is 349 g/mol. The van der Waals surface area contributed by atoms with Crippen molar-refractivity contribution in [3.8, 4) is 5.75 Å². The molecule has 0 aliphatic carbocycles. The Balaban J connectivity index is 1.97. The number of carbonyl (C=O) groups excluding carboxylic acids is 1. The second kappa shape index (κ2) is 6.85. The van der Waals surface area contributed by atoms with Crippen molar-refractivity contribution in [1.82, 2.24) is 9.78 Å². The summed E-state index contributed by atoms with van der Waals surface area (Å²) in [4.78, 5) is 11.9. The zero-order chi connectivity index (χ0) is 17.9. The van der Waals surface area contributed by atoms with E-state index in [0.29, 0.717) is 5.69 Å². The molecule has 0 aliphatic heterocycles. The highest BCUT2D eigenvalue weighted by atomic mass is 19.4. The molecule has 0 unspecified atom stereocenters. The van der Waals surface area contributed by atoms with Gasteiger partial charge in [-0.15, -0.1) is 13.2 Å². The van der Waals surface area contributed by atoms with Crippen LogP contribution in [0.5, 0.6) is 5.75 Å². The van der Waals surface area contributed by atoms with Gasteiger partial charge in [0.1, 0.15) is 18.0 Å². The third-order valence-electron chi connectivity index (χ3n) is 2.89. The number of benzene rings is 1. The number of aromatic nitrogens is 2. The molecular formula is C14H12F5N3O2. The van der Waals surface area contributed by atoms with Crippen LogP contribution in [0.4, 0.5) is 27.6 Å². The van der Waals surface area contributed by atoms with Gasteiger partial charge in [0.2, 0.25) is 5.91 Å². The molecule has 1 amide bonds. The molecule has 0 spiro atoms. The van der Waals surface area contributed by atoms with Gasteiger partial charge >= 0.3 is 6.36 Å². The van der Waals surface area contributed by atoms with Crippen molar-refractivity contribution >= 4 is 11.6 Å². The number of nitrogens with one attached hydrogen (secondary N) is 1. The zero-order valence-corrected chi connectivity index (χ0v) is 12.3. The number of rotatable bonds is 5. The minimum absolute atomic E-state index is 0.230. The van der Waals surface area contributed by atoms with Crippen molar-refractivity contribution in [3.63, 3.8) is 0 Å². The number of halogens is 5. The topological polar surface area (TPSA) is 56.2 Å². The largest absolute Gasteiger partial charge is 0.573 e. The number of aryl methyl sites for hydroxylation is 1. The summed E-state index contributed by atoms with van der Waals surface area (Å²) >= 11 is 0. The zero-order valence-electron chi connectivity index (χ0n) is 12.3. The molecule has 1 heterocycles. The fraction of sp³-hybridized carbons (Fsp3) is 0.286. The standard InChI is InChI=1S/C14H12F5N3O2/c1-8-6-11(13(15)16)21-22(8)7-12(23)20-9-2-4-10(5-3-9)24-14(17,18)19/h2-6,13H,7H2,1H3,(H,20,23). The number of nitrogens with zero attached hydrogens (tertiary/aromatic N) is 2. The van der Waals surface area contributed by atoms with Gasteiger partial charge in [-0.25, -0.2) is 8.78 Å². The summed E-state index contributed by atoms with van der Waals surface area (Å²) in [5, 5.41) is 6.03. The highest BCUT2D eigenvalue weighted by molar-refractivity contribution is 5.90. The van der Waals surface area contributed by atoms with E-state index in [1.165, 1.54) is 25.1 Å². The lowest BCUT2D eigenvalue weighted by molar-refractivity contribution is -0.274. The maximum Gasteiger partial charge on any atom is 0.573 e. The van der Waals surface area contributed by atoms with Crippen LogP contribution in [-0.4, -0.2) is 22.1 Å². The Labute approximate surface area is 133 Å². The molecule has 5 nitrogen and oxygen atoms in total. The molecule has 2 aromatic rings. The lowest BCUT2D eigenvalue weighted by Gasteiger charge is -2.10. The quantitative estimate of drug-likeness (QED) is 0.838. The first-order valence-electron chi connectivity index (χ1n) is 6.62. The molecule has 1 N–H and O–H groups in total. The Morgan fingerprint density at radius 3 is 2.42 bits per heavy atom.